The van der Waals surface area contributed by atoms with Gasteiger partial charge in [-0.1, -0.05) is 0 Å². The molecule has 0 aliphatic carbocycles. The lowest BCUT2D eigenvalue weighted by Crippen LogP contribution is -2.31. The molecule has 4 rings (SSSR count). The minimum atomic E-state index is -4.86. The lowest BCUT2D eigenvalue weighted by molar-refractivity contribution is -0.274. The van der Waals surface area contributed by atoms with E-state index in [2.05, 4.69) is 20.0 Å². The van der Waals surface area contributed by atoms with Crippen LogP contribution in [0.15, 0.2) is 59.5 Å². The number of hydrogen-bond donors (Lipinski definition) is 1. The van der Waals surface area contributed by atoms with Gasteiger partial charge >= 0.3 is 6.36 Å². The van der Waals surface area contributed by atoms with Crippen molar-refractivity contribution >= 4 is 27.5 Å². The average molecular weight is 504 g/mol. The normalized spacial score (nSPS) is 14.5. The van der Waals surface area contributed by atoms with Crippen molar-refractivity contribution in [2.24, 2.45) is 0 Å². The Morgan fingerprint density at radius 3 is 2.37 bits per heavy atom. The van der Waals surface area contributed by atoms with Gasteiger partial charge in [-0.15, -0.1) is 13.2 Å². The topological polar surface area (TPSA) is 111 Å². The molecule has 1 fully saturated rings. The molecule has 1 aliphatic heterocycles. The van der Waals surface area contributed by atoms with Crippen molar-refractivity contribution in [2.45, 2.75) is 18.2 Å². The van der Waals surface area contributed by atoms with Gasteiger partial charge in [0.05, 0.1) is 23.2 Å². The molecule has 9 nitrogen and oxygen atoms in total. The number of sulfonamides is 1. The van der Waals surface area contributed by atoms with E-state index in [1.54, 1.807) is 42.2 Å². The van der Waals surface area contributed by atoms with Crippen LogP contribution in [0, 0.1) is 18.3 Å². The van der Waals surface area contributed by atoms with Crippen molar-refractivity contribution in [3.8, 4) is 11.8 Å². The number of nitrogens with zero attached hydrogens (tertiary/aromatic N) is 5. The summed E-state index contributed by atoms with van der Waals surface area (Å²) in [5.74, 6) is 0.321. The van der Waals surface area contributed by atoms with Crippen LogP contribution in [0.1, 0.15) is 11.3 Å². The third-order valence-corrected chi connectivity index (χ3v) is 6.90. The second-order valence-electron chi connectivity index (χ2n) is 7.61. The molecule has 1 N–H and O–H groups in total. The van der Waals surface area contributed by atoms with E-state index in [-0.39, 0.29) is 18.1 Å². The predicted octanol–water partition coefficient (Wildman–Crippen LogP) is 3.77. The summed E-state index contributed by atoms with van der Waals surface area (Å²) in [5, 5.41) is 12.1. The van der Waals surface area contributed by atoms with Gasteiger partial charge < -0.3 is 15.0 Å². The van der Waals surface area contributed by atoms with Gasteiger partial charge in [-0.3, -0.25) is 0 Å². The van der Waals surface area contributed by atoms with Crippen LogP contribution in [0.25, 0.3) is 0 Å². The smallest absolute Gasteiger partial charge is 0.406 e. The first-order valence-electron chi connectivity index (χ1n) is 10.3. The molecule has 2 aromatic carbocycles. The molecule has 2 heterocycles. The molecule has 3 aromatic rings. The number of benzene rings is 2. The molecule has 1 aliphatic rings. The minimum absolute atomic E-state index is 0.0249. The van der Waals surface area contributed by atoms with E-state index in [0.717, 1.165) is 30.0 Å². The van der Waals surface area contributed by atoms with Crippen molar-refractivity contribution < 1.29 is 26.3 Å². The molecule has 35 heavy (non-hydrogen) atoms. The van der Waals surface area contributed by atoms with Gasteiger partial charge in [0.2, 0.25) is 16.0 Å². The van der Waals surface area contributed by atoms with Crippen molar-refractivity contribution in [1.29, 1.82) is 5.26 Å². The fourth-order valence-electron chi connectivity index (χ4n) is 3.42. The van der Waals surface area contributed by atoms with Gasteiger partial charge in [0.1, 0.15) is 11.6 Å². The first-order chi connectivity index (χ1) is 16.5. The molecule has 182 valence electrons. The maximum Gasteiger partial charge on any atom is 0.573 e. The van der Waals surface area contributed by atoms with Crippen molar-refractivity contribution in [2.75, 3.05) is 30.0 Å². The number of nitriles is 1. The first-order valence-corrected chi connectivity index (χ1v) is 11.7. The molecule has 0 bridgehead atoms. The van der Waals surface area contributed by atoms with Crippen LogP contribution < -0.4 is 15.0 Å². The number of nitrogens with one attached hydrogen (secondary N) is 1. The van der Waals surface area contributed by atoms with E-state index >= 15 is 0 Å². The lowest BCUT2D eigenvalue weighted by Gasteiger charge is -2.19. The Morgan fingerprint density at radius 1 is 1.06 bits per heavy atom. The maximum absolute atomic E-state index is 13.0. The Labute approximate surface area is 199 Å². The van der Waals surface area contributed by atoms with E-state index < -0.39 is 22.1 Å². The van der Waals surface area contributed by atoms with Crippen molar-refractivity contribution in [3.05, 3.63) is 65.9 Å². The lowest BCUT2D eigenvalue weighted by atomic mass is 10.2. The zero-order valence-corrected chi connectivity index (χ0v) is 19.1. The highest BCUT2D eigenvalue weighted by Gasteiger charge is 2.34. The summed E-state index contributed by atoms with van der Waals surface area (Å²) in [6.45, 7) is 2.24. The SMILES string of the molecule is Cc1cc(Nc2ccc(C#N)cc2)nc(N2CCN(S(=O)(=O)c3ccc(OC(F)(F)F)cc3)C2)n1. The summed E-state index contributed by atoms with van der Waals surface area (Å²) in [4.78, 5) is 10.4. The number of rotatable bonds is 6. The van der Waals surface area contributed by atoms with Crippen LogP contribution >= 0.6 is 0 Å². The predicted molar refractivity (Wildman–Crippen MR) is 120 cm³/mol. The Hall–Kier alpha value is -3.89. The van der Waals surface area contributed by atoms with E-state index in [0.29, 0.717) is 29.6 Å². The molecule has 0 amide bonds. The molecule has 1 saturated heterocycles. The number of aryl methyl sites for hydroxylation is 1. The quantitative estimate of drug-likeness (QED) is 0.540. The Morgan fingerprint density at radius 2 is 1.74 bits per heavy atom. The fourth-order valence-corrected chi connectivity index (χ4v) is 4.81. The van der Waals surface area contributed by atoms with Crippen LogP contribution in [0.4, 0.5) is 30.6 Å². The van der Waals surface area contributed by atoms with Gasteiger partial charge in [0.15, 0.2) is 0 Å². The van der Waals surface area contributed by atoms with Crippen LogP contribution in [-0.2, 0) is 10.0 Å². The largest absolute Gasteiger partial charge is 0.573 e. The standard InChI is InChI=1S/C22H19F3N6O3S/c1-15-12-20(28-17-4-2-16(13-26)3-5-17)29-21(27-15)30-10-11-31(14-30)35(32,33)19-8-6-18(7-9-19)34-22(23,24)25/h2-9,12H,10-11,14H2,1H3,(H,27,28,29). The number of alkyl halides is 3. The van der Waals surface area contributed by atoms with Gasteiger partial charge in [0, 0.05) is 30.5 Å². The van der Waals surface area contributed by atoms with Crippen LogP contribution in [0.5, 0.6) is 5.75 Å². The van der Waals surface area contributed by atoms with Gasteiger partial charge in [-0.2, -0.15) is 14.6 Å². The van der Waals surface area contributed by atoms with Crippen LogP contribution in [0.2, 0.25) is 0 Å². The summed E-state index contributed by atoms with van der Waals surface area (Å²) < 4.78 is 68.0. The Kier molecular flexibility index (Phi) is 6.51. The Balaban J connectivity index is 1.48. The number of halogens is 3. The zero-order valence-electron chi connectivity index (χ0n) is 18.3. The summed E-state index contributed by atoms with van der Waals surface area (Å²) in [6.07, 6.45) is -4.86. The highest BCUT2D eigenvalue weighted by atomic mass is 32.2. The summed E-state index contributed by atoms with van der Waals surface area (Å²) >= 11 is 0. The number of hydrogen-bond acceptors (Lipinski definition) is 8. The molecule has 0 atom stereocenters. The van der Waals surface area contributed by atoms with Crippen LogP contribution in [0.3, 0.4) is 0 Å². The van der Waals surface area contributed by atoms with E-state index in [9.17, 15) is 21.6 Å². The van der Waals surface area contributed by atoms with Gasteiger partial charge in [-0.25, -0.2) is 13.4 Å². The molecule has 13 heteroatoms. The minimum Gasteiger partial charge on any atom is -0.406 e. The summed E-state index contributed by atoms with van der Waals surface area (Å²) in [7, 11) is -3.96. The van der Waals surface area contributed by atoms with Crippen molar-refractivity contribution in [3.63, 3.8) is 0 Å². The molecular weight excluding hydrogens is 485 g/mol. The monoisotopic (exact) mass is 504 g/mol. The summed E-state index contributed by atoms with van der Waals surface area (Å²) in [6, 6.07) is 14.7. The third-order valence-electron chi connectivity index (χ3n) is 5.05. The molecule has 0 unspecified atom stereocenters. The zero-order chi connectivity index (χ0) is 25.2. The second-order valence-corrected chi connectivity index (χ2v) is 9.55. The van der Waals surface area contributed by atoms with E-state index in [4.69, 9.17) is 5.26 Å². The molecule has 1 aromatic heterocycles. The average Bonchev–Trinajstić information content (AvgIpc) is 3.30. The number of anilines is 3. The second kappa shape index (κ2) is 9.40. The van der Waals surface area contributed by atoms with Crippen LogP contribution in [-0.4, -0.2) is 48.8 Å². The maximum atomic E-state index is 13.0. The highest BCUT2D eigenvalue weighted by Crippen LogP contribution is 2.27. The molecular formula is C22H19F3N6O3S. The van der Waals surface area contributed by atoms with E-state index in [1.807, 2.05) is 6.07 Å². The fraction of sp³-hybridized carbons (Fsp3) is 0.227. The van der Waals surface area contributed by atoms with Gasteiger partial charge in [0.25, 0.3) is 0 Å². The Bertz CT molecular complexity index is 1360. The van der Waals surface area contributed by atoms with Gasteiger partial charge in [-0.05, 0) is 55.5 Å². The first kappa shape index (κ1) is 24.2. The number of aromatic nitrogens is 2. The third kappa shape index (κ3) is 5.79. The summed E-state index contributed by atoms with van der Waals surface area (Å²) in [5.41, 5.74) is 1.90. The van der Waals surface area contributed by atoms with E-state index in [1.165, 1.54) is 4.31 Å². The molecule has 0 spiro atoms. The molecule has 0 saturated carbocycles. The van der Waals surface area contributed by atoms with Crippen molar-refractivity contribution in [1.82, 2.24) is 14.3 Å². The number of ether oxygens (including phenoxy) is 1. The molecule has 0 radical (unpaired) electrons. The highest BCUT2D eigenvalue weighted by molar-refractivity contribution is 7.89.